The van der Waals surface area contributed by atoms with Crippen LogP contribution in [-0.2, 0) is 9.59 Å². The lowest BCUT2D eigenvalue weighted by Gasteiger charge is -2.19. The van der Waals surface area contributed by atoms with Crippen molar-refractivity contribution in [3.63, 3.8) is 0 Å². The highest BCUT2D eigenvalue weighted by molar-refractivity contribution is 8.18. The number of benzene rings is 1. The van der Waals surface area contributed by atoms with Crippen molar-refractivity contribution in [3.8, 4) is 11.5 Å². The SMILES string of the molecule is CCOc1cc(/C=C2/SC(=O)N(CC(=O)N3CCCC3)C2=O)cc(Cl)c1O[C@H](C)CC. The van der Waals surface area contributed by atoms with Gasteiger partial charge in [0, 0.05) is 13.1 Å². The average molecular weight is 467 g/mol. The normalized spacial score (nSPS) is 18.8. The Bertz CT molecular complexity index is 898. The Morgan fingerprint density at radius 2 is 1.97 bits per heavy atom. The molecule has 0 spiro atoms. The first-order valence-electron chi connectivity index (χ1n) is 10.5. The zero-order chi connectivity index (χ0) is 22.5. The average Bonchev–Trinajstić information content (AvgIpc) is 3.35. The van der Waals surface area contributed by atoms with Gasteiger partial charge >= 0.3 is 0 Å². The number of likely N-dealkylation sites (tertiary alicyclic amines) is 1. The van der Waals surface area contributed by atoms with Crippen LogP contribution in [0.4, 0.5) is 4.79 Å². The van der Waals surface area contributed by atoms with Crippen LogP contribution in [0.5, 0.6) is 11.5 Å². The largest absolute Gasteiger partial charge is 0.490 e. The van der Waals surface area contributed by atoms with Gasteiger partial charge in [-0.2, -0.15) is 0 Å². The molecule has 1 aromatic carbocycles. The first kappa shape index (κ1) is 23.5. The summed E-state index contributed by atoms with van der Waals surface area (Å²) in [5.74, 6) is 0.259. The standard InChI is InChI=1S/C22H27ClN2O5S/c1-4-14(3)30-20-16(23)10-15(11-17(20)29-5-2)12-18-21(27)25(22(28)31-18)13-19(26)24-8-6-7-9-24/h10-12,14H,4-9,13H2,1-3H3/b18-12+/t14-/m1/s1. The molecule has 0 radical (unpaired) electrons. The quantitative estimate of drug-likeness (QED) is 0.522. The predicted molar refractivity (Wildman–Crippen MR) is 121 cm³/mol. The monoisotopic (exact) mass is 466 g/mol. The topological polar surface area (TPSA) is 76.2 Å². The molecule has 7 nitrogen and oxygen atoms in total. The highest BCUT2D eigenvalue weighted by Gasteiger charge is 2.37. The summed E-state index contributed by atoms with van der Waals surface area (Å²) >= 11 is 7.26. The van der Waals surface area contributed by atoms with Crippen LogP contribution < -0.4 is 9.47 Å². The van der Waals surface area contributed by atoms with Crippen LogP contribution in [0.1, 0.15) is 45.6 Å². The van der Waals surface area contributed by atoms with Crippen LogP contribution in [0.25, 0.3) is 6.08 Å². The number of rotatable bonds is 8. The first-order valence-corrected chi connectivity index (χ1v) is 11.7. The summed E-state index contributed by atoms with van der Waals surface area (Å²) in [5, 5.41) is -0.0856. The molecule has 9 heteroatoms. The van der Waals surface area contributed by atoms with Crippen LogP contribution in [-0.4, -0.2) is 59.2 Å². The molecule has 1 atom stereocenters. The predicted octanol–water partition coefficient (Wildman–Crippen LogP) is 4.57. The van der Waals surface area contributed by atoms with E-state index in [0.29, 0.717) is 41.8 Å². The lowest BCUT2D eigenvalue weighted by atomic mass is 10.1. The summed E-state index contributed by atoms with van der Waals surface area (Å²) in [6.07, 6.45) is 4.27. The maximum atomic E-state index is 12.8. The molecule has 2 fully saturated rings. The zero-order valence-electron chi connectivity index (χ0n) is 18.0. The van der Waals surface area contributed by atoms with Crippen molar-refractivity contribution in [1.29, 1.82) is 0 Å². The Labute approximate surface area is 191 Å². The summed E-state index contributed by atoms with van der Waals surface area (Å²) in [4.78, 5) is 40.5. The molecule has 0 aromatic heterocycles. The van der Waals surface area contributed by atoms with Crippen LogP contribution in [0.2, 0.25) is 5.02 Å². The van der Waals surface area contributed by atoms with Gasteiger partial charge in [0.25, 0.3) is 11.1 Å². The van der Waals surface area contributed by atoms with E-state index in [1.165, 1.54) is 0 Å². The maximum Gasteiger partial charge on any atom is 0.294 e. The van der Waals surface area contributed by atoms with Gasteiger partial charge in [-0.25, -0.2) is 0 Å². The van der Waals surface area contributed by atoms with Crippen molar-refractivity contribution in [2.75, 3.05) is 26.2 Å². The van der Waals surface area contributed by atoms with Gasteiger partial charge in [0.05, 0.1) is 22.6 Å². The van der Waals surface area contributed by atoms with E-state index in [4.69, 9.17) is 21.1 Å². The molecule has 0 N–H and O–H groups in total. The third-order valence-corrected chi connectivity index (χ3v) is 6.34. The zero-order valence-corrected chi connectivity index (χ0v) is 19.6. The van der Waals surface area contributed by atoms with Gasteiger partial charge in [0.2, 0.25) is 5.91 Å². The van der Waals surface area contributed by atoms with E-state index >= 15 is 0 Å². The Balaban J connectivity index is 1.81. The summed E-state index contributed by atoms with van der Waals surface area (Å²) in [5.41, 5.74) is 0.612. The lowest BCUT2D eigenvalue weighted by Crippen LogP contribution is -2.40. The molecule has 0 unspecified atom stereocenters. The van der Waals surface area contributed by atoms with E-state index in [9.17, 15) is 14.4 Å². The summed E-state index contributed by atoms with van der Waals surface area (Å²) in [6.45, 7) is 7.36. The van der Waals surface area contributed by atoms with Gasteiger partial charge in [-0.1, -0.05) is 18.5 Å². The number of imide groups is 1. The minimum Gasteiger partial charge on any atom is -0.490 e. The van der Waals surface area contributed by atoms with Crippen molar-refractivity contribution in [1.82, 2.24) is 9.80 Å². The van der Waals surface area contributed by atoms with Crippen molar-refractivity contribution >= 4 is 46.5 Å². The van der Waals surface area contributed by atoms with Gasteiger partial charge in [-0.05, 0) is 68.6 Å². The molecule has 0 aliphatic carbocycles. The second-order valence-corrected chi connectivity index (χ2v) is 8.86. The highest BCUT2D eigenvalue weighted by Crippen LogP contribution is 2.39. The Kier molecular flexibility index (Phi) is 7.89. The third kappa shape index (κ3) is 5.54. The van der Waals surface area contributed by atoms with E-state index < -0.39 is 11.1 Å². The Morgan fingerprint density at radius 1 is 1.26 bits per heavy atom. The third-order valence-electron chi connectivity index (χ3n) is 5.15. The van der Waals surface area contributed by atoms with Crippen LogP contribution in [0.3, 0.4) is 0 Å². The van der Waals surface area contributed by atoms with E-state index in [-0.39, 0.29) is 23.5 Å². The number of nitrogens with zero attached hydrogens (tertiary/aromatic N) is 2. The van der Waals surface area contributed by atoms with Crippen molar-refractivity contribution in [2.45, 2.75) is 46.1 Å². The van der Waals surface area contributed by atoms with Gasteiger partial charge in [0.15, 0.2) is 11.5 Å². The van der Waals surface area contributed by atoms with Gasteiger partial charge in [-0.15, -0.1) is 0 Å². The molecule has 2 saturated heterocycles. The smallest absolute Gasteiger partial charge is 0.294 e. The van der Waals surface area contributed by atoms with Crippen molar-refractivity contribution in [3.05, 3.63) is 27.6 Å². The second-order valence-electron chi connectivity index (χ2n) is 7.46. The number of carbonyl (C=O) groups excluding carboxylic acids is 3. The minimum atomic E-state index is -0.475. The van der Waals surface area contributed by atoms with Crippen molar-refractivity contribution in [2.24, 2.45) is 0 Å². The number of ether oxygens (including phenoxy) is 2. The van der Waals surface area contributed by atoms with Crippen molar-refractivity contribution < 1.29 is 23.9 Å². The van der Waals surface area contributed by atoms with E-state index in [2.05, 4.69) is 0 Å². The van der Waals surface area contributed by atoms with Crippen LogP contribution >= 0.6 is 23.4 Å². The highest BCUT2D eigenvalue weighted by atomic mass is 35.5. The molecule has 2 heterocycles. The number of hydrogen-bond donors (Lipinski definition) is 0. The summed E-state index contributed by atoms with van der Waals surface area (Å²) < 4.78 is 11.6. The van der Waals surface area contributed by atoms with E-state index in [1.54, 1.807) is 23.1 Å². The second kappa shape index (κ2) is 10.4. The molecule has 2 aliphatic rings. The summed E-state index contributed by atoms with van der Waals surface area (Å²) in [6, 6.07) is 3.40. The van der Waals surface area contributed by atoms with Crippen LogP contribution in [0.15, 0.2) is 17.0 Å². The molecule has 3 rings (SSSR count). The maximum absolute atomic E-state index is 12.8. The summed E-state index contributed by atoms with van der Waals surface area (Å²) in [7, 11) is 0. The Morgan fingerprint density at radius 3 is 2.61 bits per heavy atom. The van der Waals surface area contributed by atoms with Gasteiger partial charge in [-0.3, -0.25) is 19.3 Å². The van der Waals surface area contributed by atoms with E-state index in [1.807, 2.05) is 20.8 Å². The molecule has 31 heavy (non-hydrogen) atoms. The minimum absolute atomic E-state index is 0.0350. The molecular weight excluding hydrogens is 440 g/mol. The van der Waals surface area contributed by atoms with Crippen LogP contribution in [0, 0.1) is 0 Å². The fraction of sp³-hybridized carbons (Fsp3) is 0.500. The lowest BCUT2D eigenvalue weighted by molar-refractivity contribution is -0.135. The first-order chi connectivity index (χ1) is 14.8. The fourth-order valence-electron chi connectivity index (χ4n) is 3.32. The van der Waals surface area contributed by atoms with Gasteiger partial charge in [0.1, 0.15) is 6.54 Å². The number of amides is 3. The molecule has 0 bridgehead atoms. The molecule has 168 valence electrons. The molecule has 2 aliphatic heterocycles. The van der Waals surface area contributed by atoms with E-state index in [0.717, 1.165) is 35.9 Å². The number of thioether (sulfide) groups is 1. The fourth-order valence-corrected chi connectivity index (χ4v) is 4.42. The number of hydrogen-bond acceptors (Lipinski definition) is 6. The molecule has 0 saturated carbocycles. The molecular formula is C22H27ClN2O5S. The number of halogens is 1. The van der Waals surface area contributed by atoms with Gasteiger partial charge < -0.3 is 14.4 Å². The number of carbonyl (C=O) groups is 3. The molecule has 1 aromatic rings. The Hall–Kier alpha value is -2.19. The molecule has 3 amide bonds.